The van der Waals surface area contributed by atoms with Crippen LogP contribution in [0, 0.1) is 17.8 Å². The highest BCUT2D eigenvalue weighted by Gasteiger charge is 2.30. The Kier molecular flexibility index (Phi) is 67.2. The van der Waals surface area contributed by atoms with Gasteiger partial charge in [0, 0.05) is 25.7 Å². The summed E-state index contributed by atoms with van der Waals surface area (Å²) < 4.78 is 68.5. The smallest absolute Gasteiger partial charge is 0.462 e. The monoisotopic (exact) mass is 1430 g/mol. The van der Waals surface area contributed by atoms with Gasteiger partial charge in [0.2, 0.25) is 0 Å². The molecule has 0 fully saturated rings. The van der Waals surface area contributed by atoms with Crippen LogP contribution in [0.2, 0.25) is 0 Å². The van der Waals surface area contributed by atoms with Crippen molar-refractivity contribution in [1.29, 1.82) is 0 Å². The molecule has 6 atom stereocenters. The Morgan fingerprint density at radius 2 is 0.602 bits per heavy atom. The Bertz CT molecular complexity index is 2000. The maximum Gasteiger partial charge on any atom is 0.472 e. The molecular formula is C79H150O17P2. The van der Waals surface area contributed by atoms with E-state index in [1.54, 1.807) is 0 Å². The first-order chi connectivity index (χ1) is 47.3. The van der Waals surface area contributed by atoms with Crippen molar-refractivity contribution < 1.29 is 80.2 Å². The third kappa shape index (κ3) is 70.6. The minimum atomic E-state index is -4.96. The third-order valence-electron chi connectivity index (χ3n) is 18.1. The average molecular weight is 1430 g/mol. The minimum Gasteiger partial charge on any atom is -0.462 e. The summed E-state index contributed by atoms with van der Waals surface area (Å²) in [7, 11) is -9.93. The van der Waals surface area contributed by atoms with Gasteiger partial charge in [0.15, 0.2) is 12.2 Å². The van der Waals surface area contributed by atoms with Crippen LogP contribution >= 0.6 is 15.6 Å². The molecule has 17 nitrogen and oxygen atoms in total. The summed E-state index contributed by atoms with van der Waals surface area (Å²) in [5.41, 5.74) is 0. The molecule has 0 aliphatic rings. The third-order valence-corrected chi connectivity index (χ3v) is 20.0. The number of carbonyl (C=O) groups excluding carboxylic acids is 4. The Morgan fingerprint density at radius 3 is 0.908 bits per heavy atom. The number of esters is 4. The van der Waals surface area contributed by atoms with E-state index in [9.17, 15) is 43.2 Å². The number of aliphatic hydroxyl groups is 1. The molecule has 3 N–H and O–H groups in total. The van der Waals surface area contributed by atoms with Gasteiger partial charge >= 0.3 is 39.5 Å². The number of rotatable bonds is 75. The van der Waals surface area contributed by atoms with Gasteiger partial charge in [-0.15, -0.1) is 0 Å². The molecule has 578 valence electrons. The van der Waals surface area contributed by atoms with E-state index in [1.807, 2.05) is 0 Å². The molecule has 0 bridgehead atoms. The first kappa shape index (κ1) is 95.5. The molecule has 0 heterocycles. The predicted molar refractivity (Wildman–Crippen MR) is 400 cm³/mol. The fourth-order valence-corrected chi connectivity index (χ4v) is 13.1. The van der Waals surface area contributed by atoms with Crippen molar-refractivity contribution in [3.63, 3.8) is 0 Å². The Hall–Kier alpha value is -2.46. The number of carbonyl (C=O) groups is 4. The molecule has 0 saturated heterocycles. The van der Waals surface area contributed by atoms with E-state index >= 15 is 0 Å². The maximum absolute atomic E-state index is 13.1. The van der Waals surface area contributed by atoms with Gasteiger partial charge in [0.25, 0.3) is 0 Å². The van der Waals surface area contributed by atoms with Crippen LogP contribution in [0.3, 0.4) is 0 Å². The van der Waals surface area contributed by atoms with Crippen molar-refractivity contribution in [2.75, 3.05) is 39.6 Å². The number of hydrogen-bond donors (Lipinski definition) is 3. The summed E-state index contributed by atoms with van der Waals surface area (Å²) in [5, 5.41) is 10.6. The van der Waals surface area contributed by atoms with Gasteiger partial charge < -0.3 is 33.8 Å². The predicted octanol–water partition coefficient (Wildman–Crippen LogP) is 22.9. The molecule has 3 unspecified atom stereocenters. The van der Waals surface area contributed by atoms with Gasteiger partial charge in [-0.05, 0) is 69.1 Å². The van der Waals surface area contributed by atoms with E-state index in [4.69, 9.17) is 37.0 Å². The van der Waals surface area contributed by atoms with Gasteiger partial charge in [-0.2, -0.15) is 0 Å². The van der Waals surface area contributed by atoms with Crippen LogP contribution < -0.4 is 0 Å². The molecule has 0 spiro atoms. The van der Waals surface area contributed by atoms with E-state index in [0.29, 0.717) is 31.6 Å². The second-order valence-corrected chi connectivity index (χ2v) is 31.9. The van der Waals surface area contributed by atoms with E-state index in [2.05, 4.69) is 72.8 Å². The Labute approximate surface area is 599 Å². The van der Waals surface area contributed by atoms with Crippen molar-refractivity contribution in [3.05, 3.63) is 24.3 Å². The first-order valence-electron chi connectivity index (χ1n) is 40.2. The quantitative estimate of drug-likeness (QED) is 0.0169. The lowest BCUT2D eigenvalue weighted by atomic mass is 9.99. The van der Waals surface area contributed by atoms with Crippen molar-refractivity contribution in [2.45, 2.75) is 401 Å². The second kappa shape index (κ2) is 68.9. The molecule has 98 heavy (non-hydrogen) atoms. The summed E-state index contributed by atoms with van der Waals surface area (Å²) in [6, 6.07) is 0. The molecule has 0 aliphatic heterocycles. The van der Waals surface area contributed by atoms with E-state index in [0.717, 1.165) is 121 Å². The summed E-state index contributed by atoms with van der Waals surface area (Å²) >= 11 is 0. The maximum atomic E-state index is 13.1. The SMILES string of the molecule is CCCCCC/C=C\C=C/CCCCCCCC(=O)O[C@H](COC(=O)CCCCCCCCC(C)C)COP(=O)(O)OC[C@H](O)COP(=O)(O)OC[C@@H](COC(=O)CCCCCCCCCCCCCCCCCCCCC(C)CC)OC(=O)CCCCCCCCCCCC(C)C. The number of phosphoric ester groups is 2. The van der Waals surface area contributed by atoms with Crippen molar-refractivity contribution in [1.82, 2.24) is 0 Å². The number of phosphoric acid groups is 2. The Balaban J connectivity index is 5.18. The lowest BCUT2D eigenvalue weighted by Gasteiger charge is -2.21. The minimum absolute atomic E-state index is 0.0837. The first-order valence-corrected chi connectivity index (χ1v) is 43.2. The van der Waals surface area contributed by atoms with E-state index in [1.165, 1.54) is 173 Å². The van der Waals surface area contributed by atoms with Gasteiger partial charge in [-0.25, -0.2) is 9.13 Å². The number of aliphatic hydroxyl groups excluding tert-OH is 1. The number of unbranched alkanes of at least 4 members (excludes halogenated alkanes) is 39. The van der Waals surface area contributed by atoms with Crippen LogP contribution in [0.1, 0.15) is 382 Å². The molecule has 0 radical (unpaired) electrons. The van der Waals surface area contributed by atoms with Crippen LogP contribution in [0.5, 0.6) is 0 Å². The van der Waals surface area contributed by atoms with Crippen molar-refractivity contribution in [3.8, 4) is 0 Å². The van der Waals surface area contributed by atoms with Crippen LogP contribution in [0.15, 0.2) is 24.3 Å². The highest BCUT2D eigenvalue weighted by atomic mass is 31.2. The van der Waals surface area contributed by atoms with Crippen LogP contribution in [-0.2, 0) is 65.4 Å². The highest BCUT2D eigenvalue weighted by molar-refractivity contribution is 7.47. The molecule has 0 aromatic heterocycles. The molecule has 0 rings (SSSR count). The van der Waals surface area contributed by atoms with Gasteiger partial charge in [0.1, 0.15) is 19.3 Å². The van der Waals surface area contributed by atoms with E-state index in [-0.39, 0.29) is 25.7 Å². The van der Waals surface area contributed by atoms with Crippen molar-refractivity contribution >= 4 is 39.5 Å². The lowest BCUT2D eigenvalue weighted by molar-refractivity contribution is -0.161. The Morgan fingerprint density at radius 1 is 0.337 bits per heavy atom. The zero-order valence-electron chi connectivity index (χ0n) is 63.7. The molecule has 0 saturated carbocycles. The standard InChI is InChI=1S/C79H150O17P2/c1-8-10-11-12-13-14-15-16-21-26-29-34-39-48-55-62-78(83)96-75(67-90-77(82)61-54-47-42-41-44-51-58-71(5)6)69-94-98(87,88)92-65-73(80)64-91-97(85,86)93-68-74(95-79(84)63-56-49-40-35-30-31-36-43-50-57-70(3)4)66-89-76(81)60-53-46-38-33-28-25-23-20-18-17-19-22-24-27-32-37-45-52-59-72(7)9-2/h14-16,21,70-75,80H,8-13,17-20,22-69H2,1-7H3,(H,85,86)(H,87,88)/b15-14-,21-16-/t72?,73-,74-,75-/m1/s1. The summed E-state index contributed by atoms with van der Waals surface area (Å²) in [5.74, 6) is 0.134. The highest BCUT2D eigenvalue weighted by Crippen LogP contribution is 2.45. The second-order valence-electron chi connectivity index (χ2n) is 29.0. The van der Waals surface area contributed by atoms with Crippen LogP contribution in [0.25, 0.3) is 0 Å². The molecule has 0 aromatic rings. The molecule has 0 aromatic carbocycles. The van der Waals surface area contributed by atoms with Crippen LogP contribution in [-0.4, -0.2) is 96.7 Å². The van der Waals surface area contributed by atoms with Gasteiger partial charge in [0.05, 0.1) is 26.4 Å². The lowest BCUT2D eigenvalue weighted by Crippen LogP contribution is -2.30. The molecule has 0 amide bonds. The van der Waals surface area contributed by atoms with Crippen LogP contribution in [0.4, 0.5) is 0 Å². The average Bonchev–Trinajstić information content (AvgIpc) is 1.30. The topological polar surface area (TPSA) is 237 Å². The number of allylic oxidation sites excluding steroid dienone is 4. The summed E-state index contributed by atoms with van der Waals surface area (Å²) in [4.78, 5) is 72.8. The van der Waals surface area contributed by atoms with Crippen molar-refractivity contribution in [2.24, 2.45) is 17.8 Å². The molecule has 19 heteroatoms. The van der Waals surface area contributed by atoms with E-state index < -0.39 is 97.5 Å². The largest absolute Gasteiger partial charge is 0.472 e. The number of hydrogen-bond acceptors (Lipinski definition) is 15. The zero-order chi connectivity index (χ0) is 72.3. The normalized spacial score (nSPS) is 14.4. The van der Waals surface area contributed by atoms with Gasteiger partial charge in [-0.1, -0.05) is 330 Å². The summed E-state index contributed by atoms with van der Waals surface area (Å²) in [6.07, 6.45) is 59.4. The van der Waals surface area contributed by atoms with Gasteiger partial charge in [-0.3, -0.25) is 37.3 Å². The summed E-state index contributed by atoms with van der Waals surface area (Å²) in [6.45, 7) is 11.8. The number of ether oxygens (including phenoxy) is 4. The zero-order valence-corrected chi connectivity index (χ0v) is 65.5. The fraction of sp³-hybridized carbons (Fsp3) is 0.899. The molecule has 0 aliphatic carbocycles. The molecular weight excluding hydrogens is 1280 g/mol. The fourth-order valence-electron chi connectivity index (χ4n) is 11.6.